The Balaban J connectivity index is 0.941. The second-order valence-electron chi connectivity index (χ2n) is 12.4. The van der Waals surface area contributed by atoms with Crippen LogP contribution in [0, 0.1) is 0 Å². The van der Waals surface area contributed by atoms with Gasteiger partial charge in [0.2, 0.25) is 0 Å². The third-order valence-electron chi connectivity index (χ3n) is 8.67. The van der Waals surface area contributed by atoms with Gasteiger partial charge in [0.05, 0.1) is 34.6 Å². The number of aromatic amines is 1. The molecule has 13 heteroatoms. The number of thioether (sulfide) groups is 1. The first-order valence-corrected chi connectivity index (χ1v) is 18.4. The number of fused-ring (bicyclic) bond motifs is 1. The molecule has 6 rings (SSSR count). The molecule has 1 atom stereocenters. The molecule has 2 aliphatic rings. The van der Waals surface area contributed by atoms with Crippen molar-refractivity contribution in [3.63, 3.8) is 0 Å². The zero-order chi connectivity index (χ0) is 32.3. The van der Waals surface area contributed by atoms with Crippen molar-refractivity contribution >= 4 is 50.6 Å². The fraction of sp³-hybridized carbons (Fsp3) is 0.485. The van der Waals surface area contributed by atoms with E-state index in [0.29, 0.717) is 60.2 Å². The molecule has 4 N–H and O–H groups in total. The Hall–Kier alpha value is -2.78. The highest BCUT2D eigenvalue weighted by Crippen LogP contribution is 2.33. The van der Waals surface area contributed by atoms with E-state index in [9.17, 15) is 19.8 Å². The number of thiazole rings is 2. The Bertz CT molecular complexity index is 1710. The molecular formula is C33H41N5O5S3. The van der Waals surface area contributed by atoms with Gasteiger partial charge in [0.25, 0.3) is 5.91 Å². The molecule has 10 nitrogen and oxygen atoms in total. The summed E-state index contributed by atoms with van der Waals surface area (Å²) in [5, 5.41) is 26.9. The van der Waals surface area contributed by atoms with E-state index in [-0.39, 0.29) is 22.1 Å². The van der Waals surface area contributed by atoms with Crippen molar-refractivity contribution in [1.82, 2.24) is 25.1 Å². The van der Waals surface area contributed by atoms with Gasteiger partial charge >= 0.3 is 4.87 Å². The van der Waals surface area contributed by atoms with E-state index in [4.69, 9.17) is 4.74 Å². The minimum atomic E-state index is -0.787. The predicted molar refractivity (Wildman–Crippen MR) is 184 cm³/mol. The number of aromatic hydroxyl groups is 1. The number of phenolic OH excluding ortho intramolecular Hbond substituents is 1. The van der Waals surface area contributed by atoms with Crippen molar-refractivity contribution in [2.24, 2.45) is 0 Å². The van der Waals surface area contributed by atoms with Gasteiger partial charge < -0.3 is 30.2 Å². The van der Waals surface area contributed by atoms with Gasteiger partial charge in [-0.25, -0.2) is 4.98 Å². The Morgan fingerprint density at radius 3 is 2.83 bits per heavy atom. The van der Waals surface area contributed by atoms with Gasteiger partial charge in [-0.3, -0.25) is 14.5 Å². The van der Waals surface area contributed by atoms with E-state index < -0.39 is 6.10 Å². The van der Waals surface area contributed by atoms with Gasteiger partial charge in [-0.05, 0) is 36.6 Å². The van der Waals surface area contributed by atoms with Crippen LogP contribution in [0.2, 0.25) is 0 Å². The number of amides is 1. The van der Waals surface area contributed by atoms with Gasteiger partial charge in [0, 0.05) is 66.8 Å². The summed E-state index contributed by atoms with van der Waals surface area (Å²) in [5.74, 6) is 1.19. The lowest BCUT2D eigenvalue weighted by Crippen LogP contribution is -2.58. The lowest BCUT2D eigenvalue weighted by atomic mass is 9.89. The van der Waals surface area contributed by atoms with Gasteiger partial charge in [0.15, 0.2) is 0 Å². The molecule has 0 unspecified atom stereocenters. The molecule has 2 aliphatic heterocycles. The summed E-state index contributed by atoms with van der Waals surface area (Å²) in [6.07, 6.45) is 1.01. The van der Waals surface area contributed by atoms with Crippen molar-refractivity contribution in [2.75, 3.05) is 51.6 Å². The van der Waals surface area contributed by atoms with Crippen LogP contribution in [0.5, 0.6) is 5.75 Å². The van der Waals surface area contributed by atoms with Crippen LogP contribution in [-0.2, 0) is 11.3 Å². The Morgan fingerprint density at radius 2 is 2.04 bits per heavy atom. The second-order valence-corrected chi connectivity index (χ2v) is 15.4. The fourth-order valence-electron chi connectivity index (χ4n) is 6.14. The van der Waals surface area contributed by atoms with Crippen molar-refractivity contribution < 1.29 is 19.7 Å². The molecule has 4 heterocycles. The lowest BCUT2D eigenvalue weighted by molar-refractivity contribution is -0.128. The van der Waals surface area contributed by atoms with Crippen molar-refractivity contribution in [3.05, 3.63) is 73.3 Å². The molecule has 0 bridgehead atoms. The van der Waals surface area contributed by atoms with Crippen LogP contribution in [0.25, 0.3) is 10.2 Å². The van der Waals surface area contributed by atoms with E-state index >= 15 is 0 Å². The number of carbonyl (C=O) groups excluding carboxylic acids is 1. The molecule has 0 aliphatic carbocycles. The average molecular weight is 684 g/mol. The number of H-pyrrole nitrogens is 1. The Morgan fingerprint density at radius 1 is 1.22 bits per heavy atom. The minimum Gasteiger partial charge on any atom is -0.506 e. The SMILES string of the molecule is CC(C)c1nc(C(=O)N2CCOC3(CCN(Cc4cccc(SCCNC[C@H](O)c5ccc(O)c6[nH]c(=O)sc56)c4)CC3)C2)cs1. The number of piperidine rings is 1. The van der Waals surface area contributed by atoms with Crippen molar-refractivity contribution in [1.29, 1.82) is 0 Å². The first kappa shape index (κ1) is 33.1. The molecule has 0 radical (unpaired) electrons. The van der Waals surface area contributed by atoms with Gasteiger partial charge in [-0.15, -0.1) is 23.1 Å². The first-order valence-electron chi connectivity index (χ1n) is 15.8. The summed E-state index contributed by atoms with van der Waals surface area (Å²) in [7, 11) is 0. The zero-order valence-electron chi connectivity index (χ0n) is 26.2. The molecule has 46 heavy (non-hydrogen) atoms. The average Bonchev–Trinajstić information content (AvgIpc) is 3.70. The second kappa shape index (κ2) is 14.5. The third-order valence-corrected chi connectivity index (χ3v) is 11.7. The van der Waals surface area contributed by atoms with E-state index in [1.54, 1.807) is 29.2 Å². The number of ether oxygens (including phenoxy) is 1. The number of nitrogens with one attached hydrogen (secondary N) is 2. The summed E-state index contributed by atoms with van der Waals surface area (Å²) in [4.78, 5) is 37.6. The fourth-order valence-corrected chi connectivity index (χ4v) is 8.75. The molecule has 246 valence electrons. The molecule has 1 spiro atoms. The third kappa shape index (κ3) is 7.67. The molecule has 2 aromatic carbocycles. The number of morpholine rings is 1. The van der Waals surface area contributed by atoms with Crippen LogP contribution >= 0.6 is 34.4 Å². The number of aliphatic hydroxyl groups is 1. The largest absolute Gasteiger partial charge is 0.506 e. The van der Waals surface area contributed by atoms with Crippen molar-refractivity contribution in [3.8, 4) is 5.75 Å². The number of aromatic nitrogens is 2. The number of hydrogen-bond acceptors (Lipinski definition) is 11. The van der Waals surface area contributed by atoms with Gasteiger partial charge in [-0.2, -0.15) is 0 Å². The smallest absolute Gasteiger partial charge is 0.305 e. The molecule has 1 amide bonds. The number of hydrogen-bond donors (Lipinski definition) is 4. The molecule has 2 aromatic heterocycles. The summed E-state index contributed by atoms with van der Waals surface area (Å²) in [5.41, 5.74) is 2.55. The highest BCUT2D eigenvalue weighted by molar-refractivity contribution is 7.99. The van der Waals surface area contributed by atoms with Gasteiger partial charge in [-0.1, -0.05) is 43.4 Å². The summed E-state index contributed by atoms with van der Waals surface area (Å²) in [6.45, 7) is 9.78. The summed E-state index contributed by atoms with van der Waals surface area (Å²) < 4.78 is 6.91. The lowest BCUT2D eigenvalue weighted by Gasteiger charge is -2.47. The number of carbonyl (C=O) groups is 1. The Labute approximate surface area is 280 Å². The maximum Gasteiger partial charge on any atom is 0.305 e. The van der Waals surface area contributed by atoms with Crippen LogP contribution in [0.15, 0.2) is 51.5 Å². The van der Waals surface area contributed by atoms with Crippen LogP contribution < -0.4 is 10.2 Å². The quantitative estimate of drug-likeness (QED) is 0.130. The summed E-state index contributed by atoms with van der Waals surface area (Å²) >= 11 is 4.33. The standard InChI is InChI=1S/C33H41N5O5S3/c1-21(2)30-35-25(19-45-30)31(41)38-13-14-43-33(20-38)8-11-37(12-9-33)18-22-4-3-5-23(16-22)44-15-10-34-17-27(40)24-6-7-26(39)28-29(24)46-32(42)36-28/h3-7,16,19,21,27,34,39-40H,8-15,17-18,20H2,1-2H3,(H,36,42)/t27-/m0/s1. The van der Waals surface area contributed by atoms with Crippen LogP contribution in [0.4, 0.5) is 0 Å². The molecular weight excluding hydrogens is 643 g/mol. The molecule has 0 saturated carbocycles. The number of phenols is 1. The van der Waals surface area contributed by atoms with Crippen molar-refractivity contribution in [2.45, 2.75) is 55.8 Å². The Kier molecular flexibility index (Phi) is 10.5. The summed E-state index contributed by atoms with van der Waals surface area (Å²) in [6, 6.07) is 11.8. The van der Waals surface area contributed by atoms with Gasteiger partial charge in [0.1, 0.15) is 17.0 Å². The van der Waals surface area contributed by atoms with Crippen LogP contribution in [0.3, 0.4) is 0 Å². The minimum absolute atomic E-state index is 0.00544. The number of rotatable bonds is 11. The highest BCUT2D eigenvalue weighted by Gasteiger charge is 2.41. The zero-order valence-corrected chi connectivity index (χ0v) is 28.6. The van der Waals surface area contributed by atoms with E-state index in [2.05, 4.69) is 58.3 Å². The number of nitrogens with zero attached hydrogens (tertiary/aromatic N) is 3. The molecule has 4 aromatic rings. The predicted octanol–water partition coefficient (Wildman–Crippen LogP) is 4.80. The van der Waals surface area contributed by atoms with Crippen LogP contribution in [0.1, 0.15) is 65.3 Å². The molecule has 2 fully saturated rings. The van der Waals surface area contributed by atoms with Crippen LogP contribution in [-0.4, -0.2) is 93.1 Å². The monoisotopic (exact) mass is 683 g/mol. The highest BCUT2D eigenvalue weighted by atomic mass is 32.2. The van der Waals surface area contributed by atoms with E-state index in [0.717, 1.165) is 54.6 Å². The normalized spacial score (nSPS) is 17.7. The number of benzene rings is 2. The van der Waals surface area contributed by atoms with E-state index in [1.807, 2.05) is 10.3 Å². The maximum atomic E-state index is 13.2. The number of aliphatic hydroxyl groups excluding tert-OH is 1. The first-order chi connectivity index (χ1) is 22.2. The number of likely N-dealkylation sites (tertiary alicyclic amines) is 1. The molecule has 2 saturated heterocycles. The topological polar surface area (TPSA) is 131 Å². The maximum absolute atomic E-state index is 13.2. The van der Waals surface area contributed by atoms with E-state index in [1.165, 1.54) is 16.5 Å².